The minimum absolute atomic E-state index is 0.0121. The first kappa shape index (κ1) is 21.0. The van der Waals surface area contributed by atoms with Crippen LogP contribution in [-0.2, 0) is 9.59 Å². The summed E-state index contributed by atoms with van der Waals surface area (Å²) in [5.74, 6) is -0.393. The molecular weight excluding hydrogens is 419 g/mol. The molecule has 0 unspecified atom stereocenters. The van der Waals surface area contributed by atoms with Gasteiger partial charge in [0.25, 0.3) is 0 Å². The lowest BCUT2D eigenvalue weighted by Crippen LogP contribution is -2.42. The molecule has 1 fully saturated rings. The Morgan fingerprint density at radius 1 is 1.10 bits per heavy atom. The second-order valence-electron chi connectivity index (χ2n) is 7.15. The maximum Gasteiger partial charge on any atom is 0.233 e. The molecule has 1 aliphatic heterocycles. The number of rotatable bonds is 6. The highest BCUT2D eigenvalue weighted by Crippen LogP contribution is 2.23. The molecule has 0 spiro atoms. The summed E-state index contributed by atoms with van der Waals surface area (Å²) in [7, 11) is 0. The van der Waals surface area contributed by atoms with Gasteiger partial charge in [-0.25, -0.2) is 4.39 Å². The Bertz CT molecular complexity index is 1050. The normalized spacial score (nSPS) is 14.4. The van der Waals surface area contributed by atoms with E-state index in [1.165, 1.54) is 28.6 Å². The first-order valence-corrected chi connectivity index (χ1v) is 10.9. The van der Waals surface area contributed by atoms with Crippen molar-refractivity contribution in [3.63, 3.8) is 0 Å². The SMILES string of the molecule is O=C(Nc1ccccc1)C1CCN(C(=O)CSc2nnnn2-c2cccc(F)c2)CC1. The first-order valence-electron chi connectivity index (χ1n) is 9.91. The zero-order chi connectivity index (χ0) is 21.6. The number of nitrogens with one attached hydrogen (secondary N) is 1. The van der Waals surface area contributed by atoms with Crippen LogP contribution in [0, 0.1) is 11.7 Å². The maximum atomic E-state index is 13.5. The third kappa shape index (κ3) is 5.26. The fourth-order valence-electron chi connectivity index (χ4n) is 3.41. The van der Waals surface area contributed by atoms with Gasteiger partial charge in [-0.3, -0.25) is 9.59 Å². The van der Waals surface area contributed by atoms with Gasteiger partial charge in [0.15, 0.2) is 0 Å². The van der Waals surface area contributed by atoms with Gasteiger partial charge in [0.2, 0.25) is 17.0 Å². The van der Waals surface area contributed by atoms with E-state index in [9.17, 15) is 14.0 Å². The fraction of sp³-hybridized carbons (Fsp3) is 0.286. The summed E-state index contributed by atoms with van der Waals surface area (Å²) >= 11 is 1.20. The number of likely N-dealkylation sites (tertiary alicyclic amines) is 1. The van der Waals surface area contributed by atoms with Crippen LogP contribution in [0.15, 0.2) is 59.8 Å². The van der Waals surface area contributed by atoms with E-state index in [0.29, 0.717) is 36.8 Å². The second-order valence-corrected chi connectivity index (χ2v) is 8.09. The predicted molar refractivity (Wildman–Crippen MR) is 114 cm³/mol. The van der Waals surface area contributed by atoms with E-state index in [1.807, 2.05) is 30.3 Å². The minimum atomic E-state index is -0.390. The summed E-state index contributed by atoms with van der Waals surface area (Å²) in [6.45, 7) is 1.06. The number of benzene rings is 2. The van der Waals surface area contributed by atoms with E-state index in [-0.39, 0.29) is 29.3 Å². The smallest absolute Gasteiger partial charge is 0.233 e. The number of hydrogen-bond donors (Lipinski definition) is 1. The number of para-hydroxylation sites is 1. The van der Waals surface area contributed by atoms with Crippen molar-refractivity contribution in [2.75, 3.05) is 24.2 Å². The molecule has 2 amide bonds. The number of nitrogens with zero attached hydrogens (tertiary/aromatic N) is 5. The van der Waals surface area contributed by atoms with E-state index in [1.54, 1.807) is 17.0 Å². The van der Waals surface area contributed by atoms with Gasteiger partial charge in [-0.1, -0.05) is 36.0 Å². The third-order valence-electron chi connectivity index (χ3n) is 5.08. The highest BCUT2D eigenvalue weighted by Gasteiger charge is 2.27. The van der Waals surface area contributed by atoms with Crippen molar-refractivity contribution in [3.8, 4) is 5.69 Å². The Labute approximate surface area is 182 Å². The van der Waals surface area contributed by atoms with Gasteiger partial charge >= 0.3 is 0 Å². The van der Waals surface area contributed by atoms with E-state index in [4.69, 9.17) is 0 Å². The van der Waals surface area contributed by atoms with Crippen LogP contribution < -0.4 is 5.32 Å². The molecule has 0 bridgehead atoms. The number of anilines is 1. The molecule has 0 saturated carbocycles. The molecular formula is C21H21FN6O2S. The first-order chi connectivity index (χ1) is 15.1. The Morgan fingerprint density at radius 2 is 1.87 bits per heavy atom. The summed E-state index contributed by atoms with van der Waals surface area (Å²) in [6.07, 6.45) is 1.24. The van der Waals surface area contributed by atoms with Crippen LogP contribution in [-0.4, -0.2) is 55.8 Å². The lowest BCUT2D eigenvalue weighted by atomic mass is 9.96. The van der Waals surface area contributed by atoms with Crippen molar-refractivity contribution in [1.82, 2.24) is 25.1 Å². The topological polar surface area (TPSA) is 93.0 Å². The Balaban J connectivity index is 1.27. The molecule has 3 aromatic rings. The van der Waals surface area contributed by atoms with Gasteiger partial charge in [0, 0.05) is 24.7 Å². The van der Waals surface area contributed by atoms with Crippen LogP contribution in [0.1, 0.15) is 12.8 Å². The molecule has 2 aromatic carbocycles. The van der Waals surface area contributed by atoms with Gasteiger partial charge in [-0.15, -0.1) is 5.10 Å². The standard InChI is InChI=1S/C21H21FN6O2S/c22-16-5-4-8-18(13-16)28-21(24-25-26-28)31-14-19(29)27-11-9-15(10-12-27)20(30)23-17-6-2-1-3-7-17/h1-8,13,15H,9-12,14H2,(H,23,30). The number of hydrogen-bond acceptors (Lipinski definition) is 6. The zero-order valence-corrected chi connectivity index (χ0v) is 17.5. The Hall–Kier alpha value is -3.27. The number of amides is 2. The number of thioether (sulfide) groups is 1. The summed E-state index contributed by atoms with van der Waals surface area (Å²) in [5, 5.41) is 14.8. The third-order valence-corrected chi connectivity index (χ3v) is 5.98. The molecule has 10 heteroatoms. The van der Waals surface area contributed by atoms with Gasteiger partial charge in [0.05, 0.1) is 11.4 Å². The minimum Gasteiger partial charge on any atom is -0.342 e. The van der Waals surface area contributed by atoms with Crippen molar-refractivity contribution in [2.24, 2.45) is 5.92 Å². The molecule has 1 aliphatic rings. The second kappa shape index (κ2) is 9.69. The van der Waals surface area contributed by atoms with E-state index < -0.39 is 0 Å². The summed E-state index contributed by atoms with van der Waals surface area (Å²) in [6, 6.07) is 15.3. The van der Waals surface area contributed by atoms with Crippen LogP contribution >= 0.6 is 11.8 Å². The van der Waals surface area contributed by atoms with Gasteiger partial charge in [-0.2, -0.15) is 4.68 Å². The lowest BCUT2D eigenvalue weighted by molar-refractivity contribution is -0.132. The lowest BCUT2D eigenvalue weighted by Gasteiger charge is -2.31. The summed E-state index contributed by atoms with van der Waals surface area (Å²) in [4.78, 5) is 26.8. The number of carbonyl (C=O) groups is 2. The number of tetrazole rings is 1. The quantitative estimate of drug-likeness (QED) is 0.593. The van der Waals surface area contributed by atoms with Gasteiger partial charge < -0.3 is 10.2 Å². The largest absolute Gasteiger partial charge is 0.342 e. The van der Waals surface area contributed by atoms with Crippen molar-refractivity contribution < 1.29 is 14.0 Å². The average molecular weight is 441 g/mol. The van der Waals surface area contributed by atoms with Crippen molar-refractivity contribution in [3.05, 3.63) is 60.4 Å². The monoisotopic (exact) mass is 440 g/mol. The fourth-order valence-corrected chi connectivity index (χ4v) is 4.21. The van der Waals surface area contributed by atoms with Crippen LogP contribution in [0.3, 0.4) is 0 Å². The van der Waals surface area contributed by atoms with Crippen LogP contribution in [0.5, 0.6) is 0 Å². The summed E-state index contributed by atoms with van der Waals surface area (Å²) in [5.41, 5.74) is 1.27. The molecule has 160 valence electrons. The van der Waals surface area contributed by atoms with Crippen LogP contribution in [0.2, 0.25) is 0 Å². The number of piperidine rings is 1. The number of halogens is 1. The molecule has 1 N–H and O–H groups in total. The van der Waals surface area contributed by atoms with E-state index in [2.05, 4.69) is 20.8 Å². The Morgan fingerprint density at radius 3 is 2.61 bits per heavy atom. The molecule has 1 saturated heterocycles. The predicted octanol–water partition coefficient (Wildman–Crippen LogP) is 2.77. The van der Waals surface area contributed by atoms with Crippen LogP contribution in [0.4, 0.5) is 10.1 Å². The van der Waals surface area contributed by atoms with Crippen molar-refractivity contribution in [1.29, 1.82) is 0 Å². The van der Waals surface area contributed by atoms with Crippen LogP contribution in [0.25, 0.3) is 5.69 Å². The maximum absolute atomic E-state index is 13.5. The van der Waals surface area contributed by atoms with Crippen molar-refractivity contribution >= 4 is 29.3 Å². The summed E-state index contributed by atoms with van der Waals surface area (Å²) < 4.78 is 14.9. The average Bonchev–Trinajstić information content (AvgIpc) is 3.27. The highest BCUT2D eigenvalue weighted by molar-refractivity contribution is 7.99. The number of carbonyl (C=O) groups excluding carboxylic acids is 2. The van der Waals surface area contributed by atoms with Crippen molar-refractivity contribution in [2.45, 2.75) is 18.0 Å². The molecule has 0 aliphatic carbocycles. The Kier molecular flexibility index (Phi) is 6.56. The molecule has 8 nitrogen and oxygen atoms in total. The highest BCUT2D eigenvalue weighted by atomic mass is 32.2. The molecule has 1 aromatic heterocycles. The number of aromatic nitrogens is 4. The van der Waals surface area contributed by atoms with E-state index in [0.717, 1.165) is 5.69 Å². The molecule has 0 radical (unpaired) electrons. The van der Waals surface area contributed by atoms with Gasteiger partial charge in [-0.05, 0) is 53.6 Å². The van der Waals surface area contributed by atoms with Gasteiger partial charge in [0.1, 0.15) is 5.82 Å². The molecule has 4 rings (SSSR count). The zero-order valence-electron chi connectivity index (χ0n) is 16.6. The molecule has 2 heterocycles. The molecule has 0 atom stereocenters. The van der Waals surface area contributed by atoms with E-state index >= 15 is 0 Å². The molecule has 31 heavy (non-hydrogen) atoms.